The molecule has 2 aromatic carbocycles. The zero-order valence-corrected chi connectivity index (χ0v) is 16.1. The van der Waals surface area contributed by atoms with Gasteiger partial charge in [0.15, 0.2) is 0 Å². The Labute approximate surface area is 161 Å². The van der Waals surface area contributed by atoms with Crippen molar-refractivity contribution in [1.82, 2.24) is 4.90 Å². The summed E-state index contributed by atoms with van der Waals surface area (Å²) in [6, 6.07) is 16.0. The molecule has 1 unspecified atom stereocenters. The lowest BCUT2D eigenvalue weighted by atomic mass is 10.0. The average Bonchev–Trinajstić information content (AvgIpc) is 2.73. The van der Waals surface area contributed by atoms with Crippen molar-refractivity contribution in [2.45, 2.75) is 38.7 Å². The predicted octanol–water partition coefficient (Wildman–Crippen LogP) is 3.92. The molecule has 1 heterocycles. The number of aliphatic hydroxyl groups is 1. The number of ether oxygens (including phenoxy) is 1. The maximum Gasteiger partial charge on any atom is 0.253 e. The molecule has 1 aliphatic rings. The van der Waals surface area contributed by atoms with E-state index in [-0.39, 0.29) is 18.6 Å². The molecule has 0 aliphatic carbocycles. The van der Waals surface area contributed by atoms with Crippen LogP contribution in [-0.4, -0.2) is 48.3 Å². The highest BCUT2D eigenvalue weighted by molar-refractivity contribution is 5.94. The van der Waals surface area contributed by atoms with E-state index in [9.17, 15) is 4.79 Å². The lowest BCUT2D eigenvalue weighted by Gasteiger charge is -2.32. The molecule has 1 amide bonds. The van der Waals surface area contributed by atoms with Crippen LogP contribution in [0.2, 0.25) is 0 Å². The normalized spacial score (nSPS) is 17.1. The predicted molar refractivity (Wildman–Crippen MR) is 108 cm³/mol. The van der Waals surface area contributed by atoms with E-state index in [1.807, 2.05) is 41.3 Å². The van der Waals surface area contributed by atoms with Crippen LogP contribution in [0.4, 0.5) is 0 Å². The van der Waals surface area contributed by atoms with Crippen LogP contribution >= 0.6 is 0 Å². The Morgan fingerprint density at radius 1 is 1.11 bits per heavy atom. The van der Waals surface area contributed by atoms with Crippen LogP contribution in [0.5, 0.6) is 0 Å². The molecule has 3 rings (SSSR count). The smallest absolute Gasteiger partial charge is 0.253 e. The summed E-state index contributed by atoms with van der Waals surface area (Å²) in [5, 5.41) is 9.01. The summed E-state index contributed by atoms with van der Waals surface area (Å²) in [6.07, 6.45) is 3.88. The van der Waals surface area contributed by atoms with Crippen molar-refractivity contribution in [3.63, 3.8) is 0 Å². The molecule has 0 bridgehead atoms. The molecule has 4 nitrogen and oxygen atoms in total. The van der Waals surface area contributed by atoms with E-state index in [2.05, 4.69) is 19.1 Å². The summed E-state index contributed by atoms with van der Waals surface area (Å²) < 4.78 is 5.84. The van der Waals surface area contributed by atoms with Crippen LogP contribution in [0.3, 0.4) is 0 Å². The van der Waals surface area contributed by atoms with Crippen molar-refractivity contribution in [2.75, 3.05) is 26.3 Å². The largest absolute Gasteiger partial charge is 0.396 e. The summed E-state index contributed by atoms with van der Waals surface area (Å²) in [5.41, 5.74) is 4.05. The molecular formula is C23H29NO3. The number of piperidine rings is 1. The van der Waals surface area contributed by atoms with Gasteiger partial charge in [-0.05, 0) is 54.5 Å². The molecule has 144 valence electrons. The fourth-order valence-electron chi connectivity index (χ4n) is 3.52. The molecule has 1 saturated heterocycles. The Hall–Kier alpha value is -2.17. The maximum absolute atomic E-state index is 12.8. The van der Waals surface area contributed by atoms with Crippen LogP contribution in [0.1, 0.15) is 42.1 Å². The Morgan fingerprint density at radius 2 is 1.78 bits per heavy atom. The third-order valence-electron chi connectivity index (χ3n) is 5.04. The van der Waals surface area contributed by atoms with Gasteiger partial charge >= 0.3 is 0 Å². The third kappa shape index (κ3) is 5.18. The fourth-order valence-corrected chi connectivity index (χ4v) is 3.52. The molecule has 4 heteroatoms. The van der Waals surface area contributed by atoms with Gasteiger partial charge in [-0.25, -0.2) is 0 Å². The van der Waals surface area contributed by atoms with Gasteiger partial charge in [0.2, 0.25) is 0 Å². The number of amides is 1. The van der Waals surface area contributed by atoms with Crippen molar-refractivity contribution in [3.8, 4) is 11.1 Å². The van der Waals surface area contributed by atoms with Crippen LogP contribution in [-0.2, 0) is 11.2 Å². The Kier molecular flexibility index (Phi) is 7.02. The standard InChI is InChI=1S/C23H29NO3/c1-2-16-27-22-4-3-14-24(17-22)23(26)21-11-9-20(10-12-21)19-7-5-18(6-8-19)13-15-25/h5-12,22,25H,2-4,13-17H2,1H3. The topological polar surface area (TPSA) is 49.8 Å². The van der Waals surface area contributed by atoms with Gasteiger partial charge in [-0.2, -0.15) is 0 Å². The summed E-state index contributed by atoms with van der Waals surface area (Å²) >= 11 is 0. The molecule has 1 N–H and O–H groups in total. The molecule has 0 aromatic heterocycles. The minimum Gasteiger partial charge on any atom is -0.396 e. The van der Waals surface area contributed by atoms with E-state index in [0.29, 0.717) is 13.0 Å². The average molecular weight is 367 g/mol. The highest BCUT2D eigenvalue weighted by atomic mass is 16.5. The fraction of sp³-hybridized carbons (Fsp3) is 0.435. The van der Waals surface area contributed by atoms with Gasteiger partial charge in [0.25, 0.3) is 5.91 Å². The number of hydrogen-bond acceptors (Lipinski definition) is 3. The molecule has 0 saturated carbocycles. The summed E-state index contributed by atoms with van der Waals surface area (Å²) in [4.78, 5) is 14.7. The number of nitrogens with zero attached hydrogens (tertiary/aromatic N) is 1. The third-order valence-corrected chi connectivity index (χ3v) is 5.04. The van der Waals surface area contributed by atoms with Crippen molar-refractivity contribution in [2.24, 2.45) is 0 Å². The van der Waals surface area contributed by atoms with Crippen molar-refractivity contribution >= 4 is 5.91 Å². The van der Waals surface area contributed by atoms with Gasteiger partial charge < -0.3 is 14.7 Å². The van der Waals surface area contributed by atoms with Gasteiger partial charge in [-0.1, -0.05) is 43.3 Å². The minimum atomic E-state index is 0.0876. The molecule has 1 aliphatic heterocycles. The van der Waals surface area contributed by atoms with Crippen molar-refractivity contribution in [1.29, 1.82) is 0 Å². The van der Waals surface area contributed by atoms with Crippen LogP contribution < -0.4 is 0 Å². The van der Waals surface area contributed by atoms with E-state index >= 15 is 0 Å². The van der Waals surface area contributed by atoms with Gasteiger partial charge in [0.1, 0.15) is 0 Å². The zero-order chi connectivity index (χ0) is 19.1. The Bertz CT molecular complexity index is 724. The van der Waals surface area contributed by atoms with Crippen molar-refractivity contribution in [3.05, 3.63) is 59.7 Å². The lowest BCUT2D eigenvalue weighted by molar-refractivity contribution is 0.00211. The molecule has 0 radical (unpaired) electrons. The van der Waals surface area contributed by atoms with Crippen molar-refractivity contribution < 1.29 is 14.6 Å². The second kappa shape index (κ2) is 9.67. The highest BCUT2D eigenvalue weighted by Gasteiger charge is 2.24. The SMILES string of the molecule is CCCOC1CCCN(C(=O)c2ccc(-c3ccc(CCO)cc3)cc2)C1. The number of carbonyl (C=O) groups excluding carboxylic acids is 1. The lowest BCUT2D eigenvalue weighted by Crippen LogP contribution is -2.43. The molecule has 1 atom stereocenters. The maximum atomic E-state index is 12.8. The molecular weight excluding hydrogens is 338 g/mol. The second-order valence-corrected chi connectivity index (χ2v) is 7.13. The number of carbonyl (C=O) groups is 1. The monoisotopic (exact) mass is 367 g/mol. The molecule has 1 fully saturated rings. The number of likely N-dealkylation sites (tertiary alicyclic amines) is 1. The highest BCUT2D eigenvalue weighted by Crippen LogP contribution is 2.22. The van der Waals surface area contributed by atoms with Gasteiger partial charge in [-0.3, -0.25) is 4.79 Å². The molecule has 0 spiro atoms. The summed E-state index contributed by atoms with van der Waals surface area (Å²) in [6.45, 7) is 4.52. The minimum absolute atomic E-state index is 0.0876. The van der Waals surface area contributed by atoms with E-state index in [1.165, 1.54) is 0 Å². The second-order valence-electron chi connectivity index (χ2n) is 7.13. The van der Waals surface area contributed by atoms with E-state index < -0.39 is 0 Å². The van der Waals surface area contributed by atoms with E-state index in [1.54, 1.807) is 0 Å². The number of benzene rings is 2. The Morgan fingerprint density at radius 3 is 2.41 bits per heavy atom. The first-order chi connectivity index (χ1) is 13.2. The van der Waals surface area contributed by atoms with Gasteiger partial charge in [-0.15, -0.1) is 0 Å². The number of hydrogen-bond donors (Lipinski definition) is 1. The number of rotatable bonds is 7. The van der Waals surface area contributed by atoms with E-state index in [4.69, 9.17) is 9.84 Å². The first-order valence-electron chi connectivity index (χ1n) is 9.92. The Balaban J connectivity index is 1.64. The quantitative estimate of drug-likeness (QED) is 0.807. The van der Waals surface area contributed by atoms with Crippen LogP contribution in [0.25, 0.3) is 11.1 Å². The van der Waals surface area contributed by atoms with Crippen LogP contribution in [0, 0.1) is 0 Å². The molecule has 2 aromatic rings. The van der Waals surface area contributed by atoms with E-state index in [0.717, 1.165) is 54.7 Å². The summed E-state index contributed by atoms with van der Waals surface area (Å²) in [7, 11) is 0. The van der Waals surface area contributed by atoms with Crippen LogP contribution in [0.15, 0.2) is 48.5 Å². The summed E-state index contributed by atoms with van der Waals surface area (Å²) in [5.74, 6) is 0.0876. The number of aliphatic hydroxyl groups excluding tert-OH is 1. The zero-order valence-electron chi connectivity index (χ0n) is 16.1. The first-order valence-corrected chi connectivity index (χ1v) is 9.92. The van der Waals surface area contributed by atoms with Gasteiger partial charge in [0, 0.05) is 31.9 Å². The first kappa shape index (κ1) is 19.6. The molecule has 27 heavy (non-hydrogen) atoms. The van der Waals surface area contributed by atoms with Gasteiger partial charge in [0.05, 0.1) is 6.10 Å².